The number of oxazole rings is 1. The van der Waals surface area contributed by atoms with Crippen molar-refractivity contribution in [2.45, 2.75) is 27.3 Å². The third kappa shape index (κ3) is 3.45. The van der Waals surface area contributed by atoms with Gasteiger partial charge in [0.05, 0.1) is 12.2 Å². The highest BCUT2D eigenvalue weighted by Gasteiger charge is 2.12. The zero-order valence-electron chi connectivity index (χ0n) is 13.9. The molecule has 0 radical (unpaired) electrons. The lowest BCUT2D eigenvalue weighted by atomic mass is 10.1. The average molecular weight is 306 g/mol. The Kier molecular flexibility index (Phi) is 4.47. The summed E-state index contributed by atoms with van der Waals surface area (Å²) in [5, 5.41) is 0. The van der Waals surface area contributed by atoms with E-state index >= 15 is 0 Å². The van der Waals surface area contributed by atoms with E-state index in [4.69, 9.17) is 4.42 Å². The van der Waals surface area contributed by atoms with Crippen molar-refractivity contribution in [2.24, 2.45) is 0 Å². The Labute approximate surface area is 137 Å². The summed E-state index contributed by atoms with van der Waals surface area (Å²) in [6.45, 7) is 8.02. The first-order valence-corrected chi connectivity index (χ1v) is 7.99. The van der Waals surface area contributed by atoms with Gasteiger partial charge in [0.1, 0.15) is 6.26 Å². The molecule has 0 unspecified atom stereocenters. The van der Waals surface area contributed by atoms with Crippen LogP contribution in [0.1, 0.15) is 23.7 Å². The van der Waals surface area contributed by atoms with Crippen LogP contribution in [0.2, 0.25) is 0 Å². The van der Waals surface area contributed by atoms with Gasteiger partial charge in [-0.05, 0) is 50.1 Å². The Morgan fingerprint density at radius 1 is 1.04 bits per heavy atom. The molecule has 3 heteroatoms. The molecule has 0 N–H and O–H groups in total. The van der Waals surface area contributed by atoms with Crippen molar-refractivity contribution in [1.82, 2.24) is 4.98 Å². The Hall–Kier alpha value is -2.55. The van der Waals surface area contributed by atoms with Gasteiger partial charge in [-0.15, -0.1) is 0 Å². The van der Waals surface area contributed by atoms with Crippen LogP contribution in [-0.4, -0.2) is 11.5 Å². The molecule has 0 bridgehead atoms. The van der Waals surface area contributed by atoms with Crippen LogP contribution in [-0.2, 0) is 6.54 Å². The highest BCUT2D eigenvalue weighted by molar-refractivity contribution is 5.58. The largest absolute Gasteiger partial charge is 0.444 e. The topological polar surface area (TPSA) is 29.3 Å². The molecule has 0 saturated heterocycles. The lowest BCUT2D eigenvalue weighted by Crippen LogP contribution is -2.22. The number of aromatic nitrogens is 1. The average Bonchev–Trinajstić information content (AvgIpc) is 3.01. The Morgan fingerprint density at radius 3 is 2.61 bits per heavy atom. The molecule has 2 aromatic carbocycles. The molecule has 1 aromatic heterocycles. The van der Waals surface area contributed by atoms with Gasteiger partial charge in [-0.2, -0.15) is 0 Å². The lowest BCUT2D eigenvalue weighted by Gasteiger charge is -2.22. The summed E-state index contributed by atoms with van der Waals surface area (Å²) in [7, 11) is 0. The molecular weight excluding hydrogens is 284 g/mol. The molecule has 3 rings (SSSR count). The van der Waals surface area contributed by atoms with Gasteiger partial charge in [-0.25, -0.2) is 4.98 Å². The Bertz CT molecular complexity index is 792. The third-order valence-electron chi connectivity index (χ3n) is 4.03. The Morgan fingerprint density at radius 2 is 1.87 bits per heavy atom. The van der Waals surface area contributed by atoms with Crippen LogP contribution in [0.3, 0.4) is 0 Å². The maximum atomic E-state index is 5.70. The lowest BCUT2D eigenvalue weighted by molar-refractivity contribution is 0.571. The summed E-state index contributed by atoms with van der Waals surface area (Å²) >= 11 is 0. The predicted molar refractivity (Wildman–Crippen MR) is 94.6 cm³/mol. The fourth-order valence-corrected chi connectivity index (χ4v) is 2.72. The van der Waals surface area contributed by atoms with E-state index in [1.165, 1.54) is 16.8 Å². The highest BCUT2D eigenvalue weighted by Crippen LogP contribution is 2.24. The molecule has 0 aliphatic heterocycles. The molecule has 0 saturated carbocycles. The summed E-state index contributed by atoms with van der Waals surface area (Å²) in [5.41, 5.74) is 5.66. The van der Waals surface area contributed by atoms with Crippen LogP contribution >= 0.6 is 0 Å². The second kappa shape index (κ2) is 6.69. The molecule has 0 fully saturated rings. The molecule has 23 heavy (non-hydrogen) atoms. The van der Waals surface area contributed by atoms with Gasteiger partial charge in [-0.1, -0.05) is 30.3 Å². The Balaban J connectivity index is 1.82. The fraction of sp³-hybridized carbons (Fsp3) is 0.250. The first-order valence-electron chi connectivity index (χ1n) is 7.99. The number of hydrogen-bond donors (Lipinski definition) is 0. The normalized spacial score (nSPS) is 10.7. The number of anilines is 1. The van der Waals surface area contributed by atoms with Crippen molar-refractivity contribution in [1.29, 1.82) is 0 Å². The van der Waals surface area contributed by atoms with E-state index in [-0.39, 0.29) is 0 Å². The molecule has 0 aliphatic rings. The maximum Gasteiger partial charge on any atom is 0.226 e. The standard InChI is InChI=1S/C20H22N2O/c1-4-22(18-10-7-8-15(2)12-18)13-17-14-23-20(21-17)19-11-6-5-9-16(19)3/h5-12,14H,4,13H2,1-3H3. The summed E-state index contributed by atoms with van der Waals surface area (Å²) < 4.78 is 5.70. The number of rotatable bonds is 5. The van der Waals surface area contributed by atoms with Crippen LogP contribution in [0.25, 0.3) is 11.5 Å². The molecule has 1 heterocycles. The summed E-state index contributed by atoms with van der Waals surface area (Å²) in [5.74, 6) is 0.693. The van der Waals surface area contributed by atoms with Crippen LogP contribution in [0.15, 0.2) is 59.2 Å². The SMILES string of the molecule is CCN(Cc1coc(-c2ccccc2C)n1)c1cccc(C)c1. The summed E-state index contributed by atoms with van der Waals surface area (Å²) in [6, 6.07) is 16.7. The minimum Gasteiger partial charge on any atom is -0.444 e. The zero-order chi connectivity index (χ0) is 16.2. The number of nitrogens with zero attached hydrogens (tertiary/aromatic N) is 2. The third-order valence-corrected chi connectivity index (χ3v) is 4.03. The molecule has 3 aromatic rings. The fourth-order valence-electron chi connectivity index (χ4n) is 2.72. The van der Waals surface area contributed by atoms with Gasteiger partial charge in [0.15, 0.2) is 0 Å². The van der Waals surface area contributed by atoms with Gasteiger partial charge in [0, 0.05) is 17.8 Å². The minimum atomic E-state index is 0.693. The van der Waals surface area contributed by atoms with E-state index in [2.05, 4.69) is 61.0 Å². The predicted octanol–water partition coefficient (Wildman–Crippen LogP) is 4.98. The second-order valence-corrected chi connectivity index (χ2v) is 5.81. The first kappa shape index (κ1) is 15.3. The van der Waals surface area contributed by atoms with Crippen molar-refractivity contribution in [3.63, 3.8) is 0 Å². The molecule has 0 spiro atoms. The maximum absolute atomic E-state index is 5.70. The summed E-state index contributed by atoms with van der Waals surface area (Å²) in [6.07, 6.45) is 1.76. The zero-order valence-corrected chi connectivity index (χ0v) is 13.9. The van der Waals surface area contributed by atoms with Gasteiger partial charge >= 0.3 is 0 Å². The first-order chi connectivity index (χ1) is 11.2. The van der Waals surface area contributed by atoms with Crippen LogP contribution in [0.4, 0.5) is 5.69 Å². The van der Waals surface area contributed by atoms with Crippen molar-refractivity contribution < 1.29 is 4.42 Å². The number of hydrogen-bond acceptors (Lipinski definition) is 3. The van der Waals surface area contributed by atoms with E-state index in [1.54, 1.807) is 6.26 Å². The van der Waals surface area contributed by atoms with Crippen LogP contribution in [0.5, 0.6) is 0 Å². The molecular formula is C20H22N2O. The van der Waals surface area contributed by atoms with Crippen LogP contribution < -0.4 is 4.90 Å². The van der Waals surface area contributed by atoms with Crippen molar-refractivity contribution >= 4 is 5.69 Å². The second-order valence-electron chi connectivity index (χ2n) is 5.81. The molecule has 118 valence electrons. The number of benzene rings is 2. The van der Waals surface area contributed by atoms with Gasteiger partial charge < -0.3 is 9.32 Å². The molecule has 0 atom stereocenters. The quantitative estimate of drug-likeness (QED) is 0.665. The van der Waals surface area contributed by atoms with Crippen molar-refractivity contribution in [3.8, 4) is 11.5 Å². The number of aryl methyl sites for hydroxylation is 2. The van der Waals surface area contributed by atoms with Crippen LogP contribution in [0, 0.1) is 13.8 Å². The van der Waals surface area contributed by atoms with Crippen molar-refractivity contribution in [3.05, 3.63) is 71.6 Å². The van der Waals surface area contributed by atoms with E-state index < -0.39 is 0 Å². The molecule has 0 amide bonds. The van der Waals surface area contributed by atoms with E-state index in [0.29, 0.717) is 5.89 Å². The van der Waals surface area contributed by atoms with E-state index in [0.717, 1.165) is 24.3 Å². The van der Waals surface area contributed by atoms with Gasteiger partial charge in [0.25, 0.3) is 0 Å². The monoisotopic (exact) mass is 306 g/mol. The van der Waals surface area contributed by atoms with Crippen molar-refractivity contribution in [2.75, 3.05) is 11.4 Å². The summed E-state index contributed by atoms with van der Waals surface area (Å²) in [4.78, 5) is 6.97. The molecule has 0 aliphatic carbocycles. The van der Waals surface area contributed by atoms with E-state index in [1.807, 2.05) is 18.2 Å². The highest BCUT2D eigenvalue weighted by atomic mass is 16.3. The van der Waals surface area contributed by atoms with Gasteiger partial charge in [0.2, 0.25) is 5.89 Å². The molecule has 3 nitrogen and oxygen atoms in total. The minimum absolute atomic E-state index is 0.693. The van der Waals surface area contributed by atoms with Gasteiger partial charge in [-0.3, -0.25) is 0 Å². The smallest absolute Gasteiger partial charge is 0.226 e. The van der Waals surface area contributed by atoms with E-state index in [9.17, 15) is 0 Å².